The molecule has 0 amide bonds. The number of hydrogen-bond acceptors (Lipinski definition) is 6. The third kappa shape index (κ3) is 2.79. The molecule has 1 atom stereocenters. The Bertz CT molecular complexity index is 1360. The first-order valence-electron chi connectivity index (χ1n) is 10.7. The van der Waals surface area contributed by atoms with Gasteiger partial charge >= 0.3 is 5.97 Å². The van der Waals surface area contributed by atoms with Crippen LogP contribution in [0.2, 0.25) is 0 Å². The number of pyridine rings is 2. The van der Waals surface area contributed by atoms with Crippen LogP contribution in [0.4, 0.5) is 4.39 Å². The Labute approximate surface area is 183 Å². The molecule has 8 heteroatoms. The van der Waals surface area contributed by atoms with E-state index in [1.165, 1.54) is 13.2 Å². The number of esters is 1. The van der Waals surface area contributed by atoms with E-state index in [2.05, 4.69) is 0 Å². The van der Waals surface area contributed by atoms with Gasteiger partial charge in [0.05, 0.1) is 42.5 Å². The van der Waals surface area contributed by atoms with Gasteiger partial charge in [-0.05, 0) is 36.1 Å². The van der Waals surface area contributed by atoms with Crippen LogP contribution in [0, 0.1) is 5.82 Å². The number of nitrogens with zero attached hydrogens (tertiary/aromatic N) is 2. The van der Waals surface area contributed by atoms with Crippen molar-refractivity contribution in [2.45, 2.75) is 51.9 Å². The van der Waals surface area contributed by atoms with Gasteiger partial charge < -0.3 is 19.1 Å². The molecule has 1 N–H and O–H groups in total. The van der Waals surface area contributed by atoms with Crippen LogP contribution >= 0.6 is 0 Å². The number of rotatable bonds is 3. The fourth-order valence-corrected chi connectivity index (χ4v) is 4.92. The van der Waals surface area contributed by atoms with Crippen molar-refractivity contribution in [1.29, 1.82) is 0 Å². The smallest absolute Gasteiger partial charge is 0.309 e. The van der Waals surface area contributed by atoms with E-state index in [-0.39, 0.29) is 36.3 Å². The number of aliphatic hydroxyl groups is 1. The molecular weight excluding hydrogens is 415 g/mol. The van der Waals surface area contributed by atoms with Crippen molar-refractivity contribution in [3.8, 4) is 17.1 Å². The maximum Gasteiger partial charge on any atom is 0.309 e. The third-order valence-electron chi connectivity index (χ3n) is 6.69. The molecule has 32 heavy (non-hydrogen) atoms. The number of halogens is 1. The maximum absolute atomic E-state index is 14.4. The highest BCUT2D eigenvalue weighted by Gasteiger charge is 2.39. The first-order chi connectivity index (χ1) is 15.3. The van der Waals surface area contributed by atoms with Gasteiger partial charge in [0.15, 0.2) is 11.6 Å². The van der Waals surface area contributed by atoms with Gasteiger partial charge in [0.1, 0.15) is 12.2 Å². The molecule has 2 aromatic heterocycles. The van der Waals surface area contributed by atoms with Gasteiger partial charge in [-0.3, -0.25) is 9.59 Å². The number of carbonyl (C=O) groups excluding carboxylic acids is 1. The van der Waals surface area contributed by atoms with Crippen molar-refractivity contribution in [2.75, 3.05) is 7.11 Å². The lowest BCUT2D eigenvalue weighted by atomic mass is 9.85. The van der Waals surface area contributed by atoms with Gasteiger partial charge in [-0.2, -0.15) is 0 Å². The number of ether oxygens (including phenoxy) is 2. The number of cyclic esters (lactones) is 1. The quantitative estimate of drug-likeness (QED) is 0.494. The summed E-state index contributed by atoms with van der Waals surface area (Å²) in [6, 6.07) is 4.73. The lowest BCUT2D eigenvalue weighted by Gasteiger charge is -2.26. The number of aromatic nitrogens is 2. The molecule has 7 nitrogen and oxygen atoms in total. The Hall–Kier alpha value is -3.26. The Morgan fingerprint density at radius 2 is 2.03 bits per heavy atom. The number of fused-ring (bicyclic) bond motifs is 5. The van der Waals surface area contributed by atoms with E-state index in [0.29, 0.717) is 35.4 Å². The van der Waals surface area contributed by atoms with Gasteiger partial charge in [0.25, 0.3) is 5.56 Å². The fourth-order valence-electron chi connectivity index (χ4n) is 4.92. The summed E-state index contributed by atoms with van der Waals surface area (Å²) in [4.78, 5) is 30.2. The fraction of sp³-hybridized carbons (Fsp3) is 0.375. The summed E-state index contributed by atoms with van der Waals surface area (Å²) in [5, 5.41) is 12.0. The van der Waals surface area contributed by atoms with Crippen LogP contribution in [0.3, 0.4) is 0 Å². The topological polar surface area (TPSA) is 90.6 Å². The highest BCUT2D eigenvalue weighted by atomic mass is 19.1. The van der Waals surface area contributed by atoms with Gasteiger partial charge in [-0.15, -0.1) is 0 Å². The van der Waals surface area contributed by atoms with Crippen LogP contribution in [0.1, 0.15) is 48.9 Å². The van der Waals surface area contributed by atoms with E-state index in [1.807, 2.05) is 6.92 Å². The molecule has 0 saturated heterocycles. The van der Waals surface area contributed by atoms with Gasteiger partial charge in [-0.1, -0.05) is 13.8 Å². The van der Waals surface area contributed by atoms with E-state index in [1.54, 1.807) is 23.6 Å². The Morgan fingerprint density at radius 3 is 2.72 bits per heavy atom. The molecule has 0 radical (unpaired) electrons. The molecule has 1 aromatic carbocycles. The average molecular weight is 438 g/mol. The second-order valence-corrected chi connectivity index (χ2v) is 8.31. The number of aryl methyl sites for hydroxylation is 1. The van der Waals surface area contributed by atoms with Gasteiger partial charge in [0, 0.05) is 17.0 Å². The monoisotopic (exact) mass is 438 g/mol. The first-order valence-corrected chi connectivity index (χ1v) is 10.7. The summed E-state index contributed by atoms with van der Waals surface area (Å²) in [7, 11) is 1.42. The number of methoxy groups -OCH3 is 1. The van der Waals surface area contributed by atoms with Crippen molar-refractivity contribution in [3.05, 3.63) is 56.6 Å². The molecule has 5 rings (SSSR count). The maximum atomic E-state index is 14.4. The third-order valence-corrected chi connectivity index (χ3v) is 6.69. The number of carbonyl (C=O) groups is 1. The van der Waals surface area contributed by atoms with Crippen molar-refractivity contribution in [1.82, 2.24) is 9.55 Å². The highest BCUT2D eigenvalue weighted by Crippen LogP contribution is 2.41. The van der Waals surface area contributed by atoms with Crippen LogP contribution in [-0.2, 0) is 34.7 Å². The average Bonchev–Trinajstić information content (AvgIpc) is 3.08. The van der Waals surface area contributed by atoms with E-state index in [0.717, 1.165) is 16.5 Å². The molecule has 0 saturated carbocycles. The molecule has 0 fully saturated rings. The minimum absolute atomic E-state index is 0.142. The zero-order valence-corrected chi connectivity index (χ0v) is 18.1. The summed E-state index contributed by atoms with van der Waals surface area (Å²) in [6.07, 6.45) is 0.693. The molecule has 2 aliphatic rings. The normalized spacial score (nSPS) is 19.2. The standard InChI is InChI=1S/C24H23FN2O5/c1-4-12-13-6-20(31-3)17(25)8-18(13)26-22-14(12)10-27-19(22)7-16-15(23(27)29)11-32-21(28)9-24(16,30)5-2/h6-8,30H,4-5,9-11H2,1-3H3. The molecule has 0 aliphatic carbocycles. The van der Waals surface area contributed by atoms with Gasteiger partial charge in [0.2, 0.25) is 0 Å². The molecule has 2 aliphatic heterocycles. The van der Waals surface area contributed by atoms with Gasteiger partial charge in [-0.25, -0.2) is 9.37 Å². The van der Waals surface area contributed by atoms with Crippen LogP contribution in [0.5, 0.6) is 5.75 Å². The molecule has 0 spiro atoms. The second kappa shape index (κ2) is 7.13. The SMILES string of the molecule is CCc1c2c(nc3cc(F)c(OC)cc13)-c1cc3c(c(=O)n1C2)COC(=O)CC3(O)CC. The first kappa shape index (κ1) is 20.6. The lowest BCUT2D eigenvalue weighted by Crippen LogP contribution is -2.32. The van der Waals surface area contributed by atoms with Crippen LogP contribution in [0.15, 0.2) is 23.0 Å². The highest BCUT2D eigenvalue weighted by molar-refractivity contribution is 5.89. The minimum atomic E-state index is -1.50. The van der Waals surface area contributed by atoms with Crippen LogP contribution < -0.4 is 10.3 Å². The second-order valence-electron chi connectivity index (χ2n) is 8.31. The molecule has 3 aromatic rings. The summed E-state index contributed by atoms with van der Waals surface area (Å²) in [6.45, 7) is 3.89. The van der Waals surface area contributed by atoms with E-state index in [4.69, 9.17) is 14.5 Å². The predicted molar refractivity (Wildman–Crippen MR) is 115 cm³/mol. The summed E-state index contributed by atoms with van der Waals surface area (Å²) < 4.78 is 26.4. The van der Waals surface area contributed by atoms with Crippen molar-refractivity contribution in [2.24, 2.45) is 0 Å². The molecule has 1 unspecified atom stereocenters. The van der Waals surface area contributed by atoms with E-state index in [9.17, 15) is 19.1 Å². The van der Waals surface area contributed by atoms with Crippen LogP contribution in [-0.4, -0.2) is 27.7 Å². The Kier molecular flexibility index (Phi) is 4.60. The van der Waals surface area contributed by atoms with Crippen molar-refractivity contribution in [3.63, 3.8) is 0 Å². The summed E-state index contributed by atoms with van der Waals surface area (Å²) >= 11 is 0. The number of hydrogen-bond donors (Lipinski definition) is 1. The molecule has 4 heterocycles. The largest absolute Gasteiger partial charge is 0.494 e. The van der Waals surface area contributed by atoms with E-state index < -0.39 is 17.4 Å². The lowest BCUT2D eigenvalue weighted by molar-refractivity contribution is -0.149. The van der Waals surface area contributed by atoms with E-state index >= 15 is 0 Å². The Balaban J connectivity index is 1.81. The molecule has 166 valence electrons. The zero-order valence-electron chi connectivity index (χ0n) is 18.1. The minimum Gasteiger partial charge on any atom is -0.494 e. The van der Waals surface area contributed by atoms with Crippen molar-refractivity contribution >= 4 is 16.9 Å². The predicted octanol–water partition coefficient (Wildman–Crippen LogP) is 3.18. The van der Waals surface area contributed by atoms with Crippen molar-refractivity contribution < 1.29 is 23.8 Å². The summed E-state index contributed by atoms with van der Waals surface area (Å²) in [5.74, 6) is -0.914. The summed E-state index contributed by atoms with van der Waals surface area (Å²) in [5.41, 5.74) is 2.35. The zero-order chi connectivity index (χ0) is 22.8. The molecule has 0 bridgehead atoms. The Morgan fingerprint density at radius 1 is 1.25 bits per heavy atom. The molecular formula is C24H23FN2O5. The number of benzene rings is 1. The van der Waals surface area contributed by atoms with Crippen LogP contribution in [0.25, 0.3) is 22.3 Å².